The molecule has 0 aliphatic carbocycles. The first-order chi connectivity index (χ1) is 8.97. The molecule has 0 fully saturated rings. The molecule has 102 valence electrons. The maximum absolute atomic E-state index is 6.09. The molecular formula is C16H22N2S. The maximum Gasteiger partial charge on any atom is 0.114 e. The number of aromatic nitrogens is 1. The van der Waals surface area contributed by atoms with Crippen molar-refractivity contribution in [2.24, 2.45) is 5.92 Å². The molecule has 1 aromatic carbocycles. The summed E-state index contributed by atoms with van der Waals surface area (Å²) in [5, 5.41) is 1.93. The van der Waals surface area contributed by atoms with E-state index in [4.69, 9.17) is 5.73 Å². The summed E-state index contributed by atoms with van der Waals surface area (Å²) in [4.78, 5) is 4.66. The van der Waals surface area contributed by atoms with E-state index < -0.39 is 0 Å². The minimum atomic E-state index is 0.432. The second-order valence-corrected chi connectivity index (χ2v) is 6.78. The van der Waals surface area contributed by atoms with E-state index in [1.165, 1.54) is 5.56 Å². The van der Waals surface area contributed by atoms with Crippen LogP contribution in [-0.2, 0) is 6.42 Å². The van der Waals surface area contributed by atoms with Gasteiger partial charge in [0.15, 0.2) is 0 Å². The van der Waals surface area contributed by atoms with Crippen LogP contribution in [-0.4, -0.2) is 4.98 Å². The summed E-state index contributed by atoms with van der Waals surface area (Å²) >= 11 is 1.60. The third-order valence-corrected chi connectivity index (χ3v) is 4.22. The Hall–Kier alpha value is -1.35. The number of rotatable bonds is 4. The van der Waals surface area contributed by atoms with Gasteiger partial charge in [-0.25, -0.2) is 4.98 Å². The van der Waals surface area contributed by atoms with Crippen LogP contribution in [0.3, 0.4) is 0 Å². The molecule has 2 nitrogen and oxygen atoms in total. The first-order valence-electron chi connectivity index (χ1n) is 6.83. The number of thiazole rings is 1. The van der Waals surface area contributed by atoms with Crippen molar-refractivity contribution < 1.29 is 0 Å². The van der Waals surface area contributed by atoms with Crippen molar-refractivity contribution in [1.82, 2.24) is 4.98 Å². The molecule has 0 aliphatic heterocycles. The summed E-state index contributed by atoms with van der Waals surface area (Å²) in [7, 11) is 0. The second kappa shape index (κ2) is 5.74. The largest absolute Gasteiger partial charge is 0.389 e. The van der Waals surface area contributed by atoms with Gasteiger partial charge in [0.05, 0.1) is 5.01 Å². The van der Waals surface area contributed by atoms with Crippen LogP contribution < -0.4 is 5.73 Å². The number of hydrogen-bond acceptors (Lipinski definition) is 3. The van der Waals surface area contributed by atoms with E-state index in [-0.39, 0.29) is 0 Å². The van der Waals surface area contributed by atoms with Gasteiger partial charge >= 0.3 is 0 Å². The second-order valence-electron chi connectivity index (χ2n) is 5.71. The molecule has 1 heterocycles. The summed E-state index contributed by atoms with van der Waals surface area (Å²) in [6, 6.07) is 8.63. The van der Waals surface area contributed by atoms with E-state index in [1.807, 2.05) is 0 Å². The number of benzene rings is 1. The summed E-state index contributed by atoms with van der Waals surface area (Å²) in [6.07, 6.45) is 1.12. The topological polar surface area (TPSA) is 38.9 Å². The normalized spacial score (nSPS) is 11.5. The summed E-state index contributed by atoms with van der Waals surface area (Å²) in [5.74, 6) is 1.11. The monoisotopic (exact) mass is 274 g/mol. The van der Waals surface area contributed by atoms with Gasteiger partial charge in [0.2, 0.25) is 0 Å². The number of nitrogen functional groups attached to an aromatic ring is 1. The molecular weight excluding hydrogens is 252 g/mol. The number of anilines is 1. The van der Waals surface area contributed by atoms with E-state index in [1.54, 1.807) is 11.3 Å². The average molecular weight is 274 g/mol. The standard InChI is InChI=1S/C16H22N2S/c1-10(2)9-12-5-7-13(8-6-12)14-15(17)19-16(18-14)11(3)4/h5-8,10-11H,9,17H2,1-4H3. The zero-order valence-corrected chi connectivity index (χ0v) is 12.9. The highest BCUT2D eigenvalue weighted by Gasteiger charge is 2.12. The fourth-order valence-corrected chi connectivity index (χ4v) is 2.93. The van der Waals surface area contributed by atoms with Crippen LogP contribution in [0.1, 0.15) is 44.2 Å². The van der Waals surface area contributed by atoms with Gasteiger partial charge in [-0.05, 0) is 17.9 Å². The molecule has 0 radical (unpaired) electrons. The van der Waals surface area contributed by atoms with Gasteiger partial charge < -0.3 is 5.73 Å². The molecule has 1 aromatic heterocycles. The first-order valence-corrected chi connectivity index (χ1v) is 7.64. The lowest BCUT2D eigenvalue weighted by molar-refractivity contribution is 0.647. The van der Waals surface area contributed by atoms with Crippen molar-refractivity contribution in [1.29, 1.82) is 0 Å². The first kappa shape index (κ1) is 14.1. The van der Waals surface area contributed by atoms with Gasteiger partial charge in [-0.2, -0.15) is 0 Å². The number of nitrogens with two attached hydrogens (primary N) is 1. The van der Waals surface area contributed by atoms with Crippen molar-refractivity contribution in [3.63, 3.8) is 0 Å². The molecule has 0 unspecified atom stereocenters. The molecule has 2 N–H and O–H groups in total. The summed E-state index contributed by atoms with van der Waals surface area (Å²) in [6.45, 7) is 8.77. The van der Waals surface area contributed by atoms with Crippen LogP contribution in [0.15, 0.2) is 24.3 Å². The fourth-order valence-electron chi connectivity index (χ4n) is 2.07. The Kier molecular flexibility index (Phi) is 4.25. The smallest absolute Gasteiger partial charge is 0.114 e. The Morgan fingerprint density at radius 1 is 1.11 bits per heavy atom. The van der Waals surface area contributed by atoms with Crippen molar-refractivity contribution in [3.8, 4) is 11.3 Å². The Morgan fingerprint density at radius 3 is 2.21 bits per heavy atom. The summed E-state index contributed by atoms with van der Waals surface area (Å²) in [5.41, 5.74) is 9.51. The van der Waals surface area contributed by atoms with Gasteiger partial charge in [0.1, 0.15) is 10.7 Å². The third-order valence-electron chi connectivity index (χ3n) is 3.04. The Labute approximate surface area is 119 Å². The van der Waals surface area contributed by atoms with Gasteiger partial charge in [-0.1, -0.05) is 52.0 Å². The average Bonchev–Trinajstić information content (AvgIpc) is 2.72. The van der Waals surface area contributed by atoms with Crippen LogP contribution in [0, 0.1) is 5.92 Å². The van der Waals surface area contributed by atoms with Crippen LogP contribution in [0.5, 0.6) is 0 Å². The minimum absolute atomic E-state index is 0.432. The quantitative estimate of drug-likeness (QED) is 0.876. The van der Waals surface area contributed by atoms with Crippen LogP contribution in [0.2, 0.25) is 0 Å². The highest BCUT2D eigenvalue weighted by molar-refractivity contribution is 7.16. The van der Waals surface area contributed by atoms with Crippen molar-refractivity contribution >= 4 is 16.3 Å². The molecule has 0 aliphatic rings. The van der Waals surface area contributed by atoms with Crippen LogP contribution in [0.4, 0.5) is 5.00 Å². The molecule has 0 spiro atoms. The van der Waals surface area contributed by atoms with Gasteiger partial charge in [-0.15, -0.1) is 11.3 Å². The molecule has 0 saturated heterocycles. The van der Waals surface area contributed by atoms with E-state index >= 15 is 0 Å². The molecule has 0 bridgehead atoms. The van der Waals surface area contributed by atoms with Gasteiger partial charge in [0, 0.05) is 11.5 Å². The SMILES string of the molecule is CC(C)Cc1ccc(-c2nc(C(C)C)sc2N)cc1. The van der Waals surface area contributed by atoms with Crippen LogP contribution in [0.25, 0.3) is 11.3 Å². The number of nitrogens with zero attached hydrogens (tertiary/aromatic N) is 1. The van der Waals surface area contributed by atoms with E-state index in [2.05, 4.69) is 56.9 Å². The molecule has 0 atom stereocenters. The molecule has 19 heavy (non-hydrogen) atoms. The molecule has 0 amide bonds. The van der Waals surface area contributed by atoms with E-state index in [0.717, 1.165) is 27.7 Å². The fraction of sp³-hybridized carbons (Fsp3) is 0.438. The van der Waals surface area contributed by atoms with Crippen molar-refractivity contribution in [2.75, 3.05) is 5.73 Å². The Balaban J connectivity index is 2.27. The zero-order valence-electron chi connectivity index (χ0n) is 12.1. The van der Waals surface area contributed by atoms with E-state index in [0.29, 0.717) is 11.8 Å². The molecule has 2 aromatic rings. The summed E-state index contributed by atoms with van der Waals surface area (Å²) < 4.78 is 0. The number of hydrogen-bond donors (Lipinski definition) is 1. The maximum atomic E-state index is 6.09. The minimum Gasteiger partial charge on any atom is -0.389 e. The third kappa shape index (κ3) is 3.35. The van der Waals surface area contributed by atoms with Gasteiger partial charge in [-0.3, -0.25) is 0 Å². The highest BCUT2D eigenvalue weighted by atomic mass is 32.1. The lowest BCUT2D eigenvalue weighted by Crippen LogP contribution is -1.94. The molecule has 0 saturated carbocycles. The predicted octanol–water partition coefficient (Wildman–Crippen LogP) is 4.71. The predicted molar refractivity (Wildman–Crippen MR) is 84.6 cm³/mol. The van der Waals surface area contributed by atoms with Crippen molar-refractivity contribution in [2.45, 2.75) is 40.0 Å². The molecule has 2 rings (SSSR count). The highest BCUT2D eigenvalue weighted by Crippen LogP contribution is 2.33. The lowest BCUT2D eigenvalue weighted by Gasteiger charge is -2.06. The Morgan fingerprint density at radius 2 is 1.74 bits per heavy atom. The Bertz CT molecular complexity index is 538. The van der Waals surface area contributed by atoms with Crippen LogP contribution >= 0.6 is 11.3 Å². The van der Waals surface area contributed by atoms with E-state index in [9.17, 15) is 0 Å². The van der Waals surface area contributed by atoms with Gasteiger partial charge in [0.25, 0.3) is 0 Å². The molecule has 3 heteroatoms. The lowest BCUT2D eigenvalue weighted by atomic mass is 10.0. The van der Waals surface area contributed by atoms with Crippen molar-refractivity contribution in [3.05, 3.63) is 34.8 Å². The zero-order chi connectivity index (χ0) is 14.0.